The summed E-state index contributed by atoms with van der Waals surface area (Å²) in [5.41, 5.74) is 0.581. The summed E-state index contributed by atoms with van der Waals surface area (Å²) in [7, 11) is -1.46. The highest BCUT2D eigenvalue weighted by Gasteiger charge is 2.15. The van der Waals surface area contributed by atoms with Gasteiger partial charge in [-0.1, -0.05) is 13.3 Å². The molecular formula is C14H22N2O3S. The summed E-state index contributed by atoms with van der Waals surface area (Å²) in [5.74, 6) is 0. The van der Waals surface area contributed by atoms with Gasteiger partial charge in [-0.25, -0.2) is 13.2 Å². The molecule has 1 rings (SSSR count). The molecule has 0 spiro atoms. The predicted octanol–water partition coefficient (Wildman–Crippen LogP) is 2.74. The van der Waals surface area contributed by atoms with Crippen LogP contribution in [0.25, 0.3) is 0 Å². The van der Waals surface area contributed by atoms with Crippen LogP contribution in [0.15, 0.2) is 29.2 Å². The van der Waals surface area contributed by atoms with Crippen molar-refractivity contribution in [1.29, 1.82) is 0 Å². The van der Waals surface area contributed by atoms with Gasteiger partial charge in [0.2, 0.25) is 0 Å². The number of hydrogen-bond acceptors (Lipinski definition) is 3. The molecule has 1 atom stereocenters. The molecule has 0 aliphatic rings. The average Bonchev–Trinajstić information content (AvgIpc) is 2.37. The molecule has 0 saturated heterocycles. The van der Waals surface area contributed by atoms with Gasteiger partial charge in [0.1, 0.15) is 0 Å². The van der Waals surface area contributed by atoms with Crippen molar-refractivity contribution in [1.82, 2.24) is 4.90 Å². The standard InChI is InChI=1S/C14H22N2O3S/c1-5-6-11(2)16(3)14(17)15-12-7-9-13(10-8-12)20(4,18)19/h7-11H,5-6H2,1-4H3,(H,15,17)/t11-/m1/s1. The van der Waals surface area contributed by atoms with Gasteiger partial charge in [0.05, 0.1) is 4.90 Å². The van der Waals surface area contributed by atoms with E-state index in [-0.39, 0.29) is 17.0 Å². The molecule has 0 aromatic heterocycles. The number of urea groups is 1. The van der Waals surface area contributed by atoms with Crippen LogP contribution in [-0.2, 0) is 9.84 Å². The predicted molar refractivity (Wildman–Crippen MR) is 80.7 cm³/mol. The number of hydrogen-bond donors (Lipinski definition) is 1. The second kappa shape index (κ2) is 6.74. The quantitative estimate of drug-likeness (QED) is 0.909. The van der Waals surface area contributed by atoms with Crippen LogP contribution in [0, 0.1) is 0 Å². The zero-order valence-corrected chi connectivity index (χ0v) is 13.2. The molecular weight excluding hydrogens is 276 g/mol. The molecule has 0 aliphatic carbocycles. The molecule has 2 amide bonds. The molecule has 1 N–H and O–H groups in total. The molecule has 0 unspecified atom stereocenters. The Bertz CT molecular complexity index is 552. The highest BCUT2D eigenvalue weighted by atomic mass is 32.2. The maximum Gasteiger partial charge on any atom is 0.321 e. The third kappa shape index (κ3) is 4.52. The Labute approximate surface area is 120 Å². The summed E-state index contributed by atoms with van der Waals surface area (Å²) in [6.45, 7) is 4.07. The van der Waals surface area contributed by atoms with Gasteiger partial charge in [0, 0.05) is 25.0 Å². The Balaban J connectivity index is 2.72. The number of carbonyl (C=O) groups excluding carboxylic acids is 1. The lowest BCUT2D eigenvalue weighted by Crippen LogP contribution is -2.38. The van der Waals surface area contributed by atoms with E-state index in [1.54, 1.807) is 24.1 Å². The largest absolute Gasteiger partial charge is 0.325 e. The molecule has 1 aromatic rings. The fourth-order valence-electron chi connectivity index (χ4n) is 1.81. The normalized spacial score (nSPS) is 12.8. The van der Waals surface area contributed by atoms with Crippen LogP contribution >= 0.6 is 0 Å². The van der Waals surface area contributed by atoms with Crippen molar-refractivity contribution in [2.24, 2.45) is 0 Å². The van der Waals surface area contributed by atoms with E-state index in [1.807, 2.05) is 6.92 Å². The van der Waals surface area contributed by atoms with Gasteiger partial charge in [-0.15, -0.1) is 0 Å². The van der Waals surface area contributed by atoms with E-state index in [9.17, 15) is 13.2 Å². The van der Waals surface area contributed by atoms with Crippen molar-refractivity contribution in [3.8, 4) is 0 Å². The molecule has 0 aliphatic heterocycles. The first-order chi connectivity index (χ1) is 9.25. The third-order valence-corrected chi connectivity index (χ3v) is 4.35. The SMILES string of the molecule is CCC[C@@H](C)N(C)C(=O)Nc1ccc(S(C)(=O)=O)cc1. The Morgan fingerprint density at radius 3 is 2.30 bits per heavy atom. The second-order valence-electron chi connectivity index (χ2n) is 4.98. The summed E-state index contributed by atoms with van der Waals surface area (Å²) < 4.78 is 22.7. The average molecular weight is 298 g/mol. The van der Waals surface area contributed by atoms with E-state index in [0.29, 0.717) is 5.69 Å². The molecule has 0 saturated carbocycles. The van der Waals surface area contributed by atoms with E-state index in [0.717, 1.165) is 19.1 Å². The number of amides is 2. The maximum absolute atomic E-state index is 12.0. The number of sulfone groups is 1. The van der Waals surface area contributed by atoms with Crippen LogP contribution in [-0.4, -0.2) is 38.7 Å². The molecule has 20 heavy (non-hydrogen) atoms. The fraction of sp³-hybridized carbons (Fsp3) is 0.500. The molecule has 0 bridgehead atoms. The minimum absolute atomic E-state index is 0.162. The smallest absolute Gasteiger partial charge is 0.321 e. The summed E-state index contributed by atoms with van der Waals surface area (Å²) in [6.07, 6.45) is 3.11. The highest BCUT2D eigenvalue weighted by Crippen LogP contribution is 2.15. The first-order valence-corrected chi connectivity index (χ1v) is 8.48. The topological polar surface area (TPSA) is 66.5 Å². The second-order valence-corrected chi connectivity index (χ2v) is 6.99. The van der Waals surface area contributed by atoms with Crippen molar-refractivity contribution >= 4 is 21.6 Å². The molecule has 5 nitrogen and oxygen atoms in total. The third-order valence-electron chi connectivity index (χ3n) is 3.22. The van der Waals surface area contributed by atoms with Gasteiger partial charge in [-0.05, 0) is 37.6 Å². The van der Waals surface area contributed by atoms with E-state index in [1.165, 1.54) is 12.1 Å². The van der Waals surface area contributed by atoms with E-state index in [2.05, 4.69) is 12.2 Å². The van der Waals surface area contributed by atoms with E-state index >= 15 is 0 Å². The first kappa shape index (κ1) is 16.5. The van der Waals surface area contributed by atoms with Crippen LogP contribution in [0.1, 0.15) is 26.7 Å². The van der Waals surface area contributed by atoms with Crippen molar-refractivity contribution in [2.45, 2.75) is 37.6 Å². The number of nitrogens with zero attached hydrogens (tertiary/aromatic N) is 1. The van der Waals surface area contributed by atoms with Crippen LogP contribution in [0.4, 0.5) is 10.5 Å². The van der Waals surface area contributed by atoms with Gasteiger partial charge >= 0.3 is 6.03 Å². The van der Waals surface area contributed by atoms with Gasteiger partial charge in [0.15, 0.2) is 9.84 Å². The molecule has 0 fully saturated rings. The van der Waals surface area contributed by atoms with Crippen molar-refractivity contribution in [3.63, 3.8) is 0 Å². The first-order valence-electron chi connectivity index (χ1n) is 6.59. The molecule has 6 heteroatoms. The van der Waals surface area contributed by atoms with Crippen LogP contribution in [0.2, 0.25) is 0 Å². The number of benzene rings is 1. The number of rotatable bonds is 5. The lowest BCUT2D eigenvalue weighted by molar-refractivity contribution is 0.205. The monoisotopic (exact) mass is 298 g/mol. The number of carbonyl (C=O) groups is 1. The number of anilines is 1. The number of nitrogens with one attached hydrogen (secondary N) is 1. The van der Waals surface area contributed by atoms with Crippen LogP contribution in [0.5, 0.6) is 0 Å². The lowest BCUT2D eigenvalue weighted by Gasteiger charge is -2.24. The molecule has 0 heterocycles. The van der Waals surface area contributed by atoms with Gasteiger partial charge < -0.3 is 10.2 Å². The molecule has 112 valence electrons. The Morgan fingerprint density at radius 2 is 1.85 bits per heavy atom. The summed E-state index contributed by atoms with van der Waals surface area (Å²) in [6, 6.07) is 6.12. The highest BCUT2D eigenvalue weighted by molar-refractivity contribution is 7.90. The van der Waals surface area contributed by atoms with E-state index in [4.69, 9.17) is 0 Å². The molecule has 0 radical (unpaired) electrons. The van der Waals surface area contributed by atoms with E-state index < -0.39 is 9.84 Å². The van der Waals surface area contributed by atoms with Crippen LogP contribution < -0.4 is 5.32 Å². The van der Waals surface area contributed by atoms with Gasteiger partial charge in [-0.3, -0.25) is 0 Å². The van der Waals surface area contributed by atoms with Gasteiger partial charge in [-0.2, -0.15) is 0 Å². The summed E-state index contributed by atoms with van der Waals surface area (Å²) in [5, 5.41) is 2.75. The summed E-state index contributed by atoms with van der Waals surface area (Å²) in [4.78, 5) is 13.9. The zero-order valence-electron chi connectivity index (χ0n) is 12.4. The lowest BCUT2D eigenvalue weighted by atomic mass is 10.2. The Morgan fingerprint density at radius 1 is 1.30 bits per heavy atom. The van der Waals surface area contributed by atoms with Crippen LogP contribution in [0.3, 0.4) is 0 Å². The Kier molecular flexibility index (Phi) is 5.56. The fourth-order valence-corrected chi connectivity index (χ4v) is 2.44. The van der Waals surface area contributed by atoms with Gasteiger partial charge in [0.25, 0.3) is 0 Å². The zero-order chi connectivity index (χ0) is 15.3. The minimum atomic E-state index is -3.21. The molecule has 1 aromatic carbocycles. The minimum Gasteiger partial charge on any atom is -0.325 e. The summed E-state index contributed by atoms with van der Waals surface area (Å²) >= 11 is 0. The van der Waals surface area contributed by atoms with Crippen molar-refractivity contribution < 1.29 is 13.2 Å². The maximum atomic E-state index is 12.0. The van der Waals surface area contributed by atoms with Crippen molar-refractivity contribution in [2.75, 3.05) is 18.6 Å². The Hall–Kier alpha value is -1.56. The van der Waals surface area contributed by atoms with Crippen molar-refractivity contribution in [3.05, 3.63) is 24.3 Å².